The van der Waals surface area contributed by atoms with Gasteiger partial charge >= 0.3 is 0 Å². The molecule has 1 atom stereocenters. The maximum absolute atomic E-state index is 13.7. The van der Waals surface area contributed by atoms with Crippen LogP contribution in [-0.4, -0.2) is 44.2 Å². The maximum Gasteiger partial charge on any atom is 0.125 e. The molecular weight excluding hydrogens is 253 g/mol. The maximum atomic E-state index is 13.7. The third-order valence-electron chi connectivity index (χ3n) is 4.21. The zero-order valence-corrected chi connectivity index (χ0v) is 12.6. The Labute approximate surface area is 121 Å². The molecule has 0 bridgehead atoms. The highest BCUT2D eigenvalue weighted by molar-refractivity contribution is 5.48. The fourth-order valence-electron chi connectivity index (χ4n) is 3.10. The van der Waals surface area contributed by atoms with E-state index in [1.54, 1.807) is 12.1 Å². The molecule has 1 aromatic rings. The standard InChI is InChI=1S/C16H26FN3/c1-3-20-8-4-5-15(20)12-19(2)16-10-13(6-7-18)9-14(17)11-16/h9-11,15H,3-8,12,18H2,1-2H3. The van der Waals surface area contributed by atoms with Crippen LogP contribution in [0.15, 0.2) is 18.2 Å². The van der Waals surface area contributed by atoms with Crippen molar-refractivity contribution in [2.24, 2.45) is 5.73 Å². The average molecular weight is 279 g/mol. The minimum Gasteiger partial charge on any atom is -0.373 e. The largest absolute Gasteiger partial charge is 0.373 e. The number of halogens is 1. The van der Waals surface area contributed by atoms with E-state index in [4.69, 9.17) is 5.73 Å². The Hall–Kier alpha value is -1.13. The topological polar surface area (TPSA) is 32.5 Å². The molecule has 3 nitrogen and oxygen atoms in total. The predicted octanol–water partition coefficient (Wildman–Crippen LogP) is 2.25. The summed E-state index contributed by atoms with van der Waals surface area (Å²) >= 11 is 0. The van der Waals surface area contributed by atoms with Crippen molar-refractivity contribution in [1.82, 2.24) is 4.90 Å². The molecule has 0 saturated carbocycles. The number of rotatable bonds is 6. The summed E-state index contributed by atoms with van der Waals surface area (Å²) in [5.74, 6) is -0.170. The van der Waals surface area contributed by atoms with Gasteiger partial charge < -0.3 is 10.6 Å². The van der Waals surface area contributed by atoms with E-state index in [1.165, 1.54) is 19.4 Å². The molecule has 0 spiro atoms. The molecule has 1 fully saturated rings. The monoisotopic (exact) mass is 279 g/mol. The molecule has 0 aromatic heterocycles. The van der Waals surface area contributed by atoms with Gasteiger partial charge in [-0.25, -0.2) is 4.39 Å². The highest BCUT2D eigenvalue weighted by Crippen LogP contribution is 2.22. The van der Waals surface area contributed by atoms with E-state index in [0.717, 1.165) is 30.8 Å². The van der Waals surface area contributed by atoms with Gasteiger partial charge in [0.2, 0.25) is 0 Å². The second-order valence-corrected chi connectivity index (χ2v) is 5.66. The van der Waals surface area contributed by atoms with Crippen molar-refractivity contribution in [3.8, 4) is 0 Å². The van der Waals surface area contributed by atoms with Gasteiger partial charge in [-0.3, -0.25) is 4.90 Å². The van der Waals surface area contributed by atoms with Crippen LogP contribution in [0.25, 0.3) is 0 Å². The second kappa shape index (κ2) is 7.04. The van der Waals surface area contributed by atoms with Crippen molar-refractivity contribution in [3.63, 3.8) is 0 Å². The lowest BCUT2D eigenvalue weighted by molar-refractivity contribution is 0.270. The van der Waals surface area contributed by atoms with Gasteiger partial charge in [0.25, 0.3) is 0 Å². The lowest BCUT2D eigenvalue weighted by Gasteiger charge is -2.29. The molecule has 1 saturated heterocycles. The normalized spacial score (nSPS) is 19.5. The van der Waals surface area contributed by atoms with Gasteiger partial charge in [0.15, 0.2) is 0 Å². The zero-order chi connectivity index (χ0) is 14.5. The van der Waals surface area contributed by atoms with Crippen molar-refractivity contribution in [1.29, 1.82) is 0 Å². The minimum absolute atomic E-state index is 0.170. The Kier molecular flexibility index (Phi) is 5.38. The summed E-state index contributed by atoms with van der Waals surface area (Å²) in [7, 11) is 2.05. The summed E-state index contributed by atoms with van der Waals surface area (Å²) < 4.78 is 13.7. The predicted molar refractivity (Wildman–Crippen MR) is 82.7 cm³/mol. The second-order valence-electron chi connectivity index (χ2n) is 5.66. The van der Waals surface area contributed by atoms with Crippen LogP contribution in [0.5, 0.6) is 0 Å². The van der Waals surface area contributed by atoms with E-state index in [2.05, 4.69) is 22.8 Å². The quantitative estimate of drug-likeness (QED) is 0.867. The molecular formula is C16H26FN3. The zero-order valence-electron chi connectivity index (χ0n) is 12.6. The molecule has 2 N–H and O–H groups in total. The van der Waals surface area contributed by atoms with E-state index >= 15 is 0 Å². The number of nitrogens with zero attached hydrogens (tertiary/aromatic N) is 2. The number of benzene rings is 1. The van der Waals surface area contributed by atoms with Gasteiger partial charge in [-0.1, -0.05) is 6.92 Å². The van der Waals surface area contributed by atoms with Crippen molar-refractivity contribution >= 4 is 5.69 Å². The highest BCUT2D eigenvalue weighted by atomic mass is 19.1. The van der Waals surface area contributed by atoms with Crippen LogP contribution in [0.3, 0.4) is 0 Å². The third-order valence-corrected chi connectivity index (χ3v) is 4.21. The number of likely N-dealkylation sites (tertiary alicyclic amines) is 1. The van der Waals surface area contributed by atoms with Crippen LogP contribution in [0.2, 0.25) is 0 Å². The summed E-state index contributed by atoms with van der Waals surface area (Å²) in [5.41, 5.74) is 7.50. The molecule has 1 unspecified atom stereocenters. The Bertz CT molecular complexity index is 436. The molecule has 0 radical (unpaired) electrons. The summed E-state index contributed by atoms with van der Waals surface area (Å²) in [4.78, 5) is 4.68. The number of likely N-dealkylation sites (N-methyl/N-ethyl adjacent to an activating group) is 2. The first kappa shape index (κ1) is 15.3. The molecule has 2 rings (SSSR count). The molecule has 1 heterocycles. The van der Waals surface area contributed by atoms with E-state index < -0.39 is 0 Å². The van der Waals surface area contributed by atoms with Gasteiger partial charge in [-0.05, 0) is 62.7 Å². The van der Waals surface area contributed by atoms with Crippen LogP contribution < -0.4 is 10.6 Å². The molecule has 1 aliphatic heterocycles. The number of anilines is 1. The fraction of sp³-hybridized carbons (Fsp3) is 0.625. The average Bonchev–Trinajstić information content (AvgIpc) is 2.85. The minimum atomic E-state index is -0.170. The first-order valence-electron chi connectivity index (χ1n) is 7.58. The van der Waals surface area contributed by atoms with E-state index in [1.807, 2.05) is 7.05 Å². The SMILES string of the molecule is CCN1CCCC1CN(C)c1cc(F)cc(CCN)c1. The Morgan fingerprint density at radius 1 is 1.40 bits per heavy atom. The van der Waals surface area contributed by atoms with Crippen molar-refractivity contribution in [2.75, 3.05) is 38.1 Å². The summed E-state index contributed by atoms with van der Waals surface area (Å²) in [6.07, 6.45) is 3.24. The van der Waals surface area contributed by atoms with Gasteiger partial charge in [-0.2, -0.15) is 0 Å². The third kappa shape index (κ3) is 3.70. The molecule has 0 aliphatic carbocycles. The molecule has 0 amide bonds. The molecule has 4 heteroatoms. The van der Waals surface area contributed by atoms with Crippen molar-refractivity contribution in [3.05, 3.63) is 29.6 Å². The van der Waals surface area contributed by atoms with Crippen LogP contribution in [0.1, 0.15) is 25.3 Å². The van der Waals surface area contributed by atoms with Crippen LogP contribution >= 0.6 is 0 Å². The Morgan fingerprint density at radius 3 is 2.90 bits per heavy atom. The van der Waals surface area contributed by atoms with Gasteiger partial charge in [0.1, 0.15) is 5.82 Å². The Morgan fingerprint density at radius 2 is 2.20 bits per heavy atom. The first-order valence-corrected chi connectivity index (χ1v) is 7.58. The highest BCUT2D eigenvalue weighted by Gasteiger charge is 2.24. The molecule has 112 valence electrons. The lowest BCUT2D eigenvalue weighted by Crippen LogP contribution is -2.38. The molecule has 1 aromatic carbocycles. The Balaban J connectivity index is 2.06. The summed E-state index contributed by atoms with van der Waals surface area (Å²) in [6.45, 7) is 6.01. The van der Waals surface area contributed by atoms with Crippen LogP contribution in [-0.2, 0) is 6.42 Å². The van der Waals surface area contributed by atoms with Crippen molar-refractivity contribution < 1.29 is 4.39 Å². The van der Waals surface area contributed by atoms with E-state index in [-0.39, 0.29) is 5.82 Å². The van der Waals surface area contributed by atoms with Crippen LogP contribution in [0.4, 0.5) is 10.1 Å². The number of hydrogen-bond acceptors (Lipinski definition) is 3. The van der Waals surface area contributed by atoms with Gasteiger partial charge in [-0.15, -0.1) is 0 Å². The fourth-order valence-corrected chi connectivity index (χ4v) is 3.10. The number of nitrogens with two attached hydrogens (primary N) is 1. The van der Waals surface area contributed by atoms with Crippen molar-refractivity contribution in [2.45, 2.75) is 32.2 Å². The van der Waals surface area contributed by atoms with Gasteiger partial charge in [0, 0.05) is 25.3 Å². The molecule has 20 heavy (non-hydrogen) atoms. The number of hydrogen-bond donors (Lipinski definition) is 1. The summed E-state index contributed by atoms with van der Waals surface area (Å²) in [5, 5.41) is 0. The van der Waals surface area contributed by atoms with E-state index in [9.17, 15) is 4.39 Å². The molecule has 1 aliphatic rings. The van der Waals surface area contributed by atoms with Crippen LogP contribution in [0, 0.1) is 5.82 Å². The van der Waals surface area contributed by atoms with E-state index in [0.29, 0.717) is 12.6 Å². The smallest absolute Gasteiger partial charge is 0.125 e. The summed E-state index contributed by atoms with van der Waals surface area (Å²) in [6, 6.07) is 5.84. The lowest BCUT2D eigenvalue weighted by atomic mass is 10.1. The first-order chi connectivity index (χ1) is 9.63. The van der Waals surface area contributed by atoms with Gasteiger partial charge in [0.05, 0.1) is 0 Å².